The summed E-state index contributed by atoms with van der Waals surface area (Å²) in [6.45, 7) is 1.36. The van der Waals surface area contributed by atoms with E-state index < -0.39 is 32.9 Å². The molecule has 0 bridgehead atoms. The van der Waals surface area contributed by atoms with Crippen molar-refractivity contribution in [2.75, 3.05) is 5.75 Å². The molecule has 0 N–H and O–H groups in total. The Kier molecular flexibility index (Phi) is 5.01. The van der Waals surface area contributed by atoms with Crippen molar-refractivity contribution < 1.29 is 34.8 Å². The van der Waals surface area contributed by atoms with Crippen molar-refractivity contribution in [3.63, 3.8) is 0 Å². The lowest BCUT2D eigenvalue weighted by Gasteiger charge is -2.10. The number of fused-ring (bicyclic) bond motifs is 2. The summed E-state index contributed by atoms with van der Waals surface area (Å²) in [5.41, 5.74) is -1.27. The lowest BCUT2D eigenvalue weighted by atomic mass is 10.2. The standard InChI is InChI=1S/C18H12F6N4O2S2/c1-3-32(29,30)13-5-10-12(31-16(27-10)18(22,23)24)4-8(13)15-26-9-6-14(17(19,20)21)25-7-11(9)28(15)2/h4-7H,3H2,1-2H3. The summed E-state index contributed by atoms with van der Waals surface area (Å²) in [5.74, 6) is -0.386. The van der Waals surface area contributed by atoms with E-state index in [4.69, 9.17) is 0 Å². The number of sulfone groups is 1. The zero-order chi connectivity index (χ0) is 23.6. The summed E-state index contributed by atoms with van der Waals surface area (Å²) in [5, 5.41) is -1.14. The molecule has 3 aromatic heterocycles. The maximum Gasteiger partial charge on any atom is 0.443 e. The van der Waals surface area contributed by atoms with Crippen LogP contribution in [0.15, 0.2) is 29.3 Å². The van der Waals surface area contributed by atoms with Gasteiger partial charge in [-0.15, -0.1) is 11.3 Å². The Morgan fingerprint density at radius 3 is 2.28 bits per heavy atom. The van der Waals surface area contributed by atoms with Crippen molar-refractivity contribution in [1.29, 1.82) is 0 Å². The van der Waals surface area contributed by atoms with Crippen LogP contribution in [-0.2, 0) is 29.2 Å². The predicted octanol–water partition coefficient (Wildman–Crippen LogP) is 5.08. The van der Waals surface area contributed by atoms with Crippen LogP contribution in [0.4, 0.5) is 26.3 Å². The fourth-order valence-electron chi connectivity index (χ4n) is 3.15. The van der Waals surface area contributed by atoms with Gasteiger partial charge in [-0.1, -0.05) is 6.92 Å². The molecular formula is C18H12F6N4O2S2. The van der Waals surface area contributed by atoms with Crippen LogP contribution in [0.5, 0.6) is 0 Å². The third-order valence-electron chi connectivity index (χ3n) is 4.75. The van der Waals surface area contributed by atoms with Gasteiger partial charge in [-0.3, -0.25) is 0 Å². The molecule has 170 valence electrons. The van der Waals surface area contributed by atoms with E-state index in [0.717, 1.165) is 18.3 Å². The van der Waals surface area contributed by atoms with Gasteiger partial charge in [0.25, 0.3) is 0 Å². The van der Waals surface area contributed by atoms with Crippen molar-refractivity contribution in [3.8, 4) is 11.4 Å². The number of aromatic nitrogens is 4. The summed E-state index contributed by atoms with van der Waals surface area (Å²) in [6.07, 6.45) is -8.47. The smallest absolute Gasteiger partial charge is 0.326 e. The molecule has 0 unspecified atom stereocenters. The lowest BCUT2D eigenvalue weighted by Crippen LogP contribution is -2.07. The average Bonchev–Trinajstić information content (AvgIpc) is 3.27. The first-order valence-corrected chi connectivity index (χ1v) is 11.3. The second-order valence-corrected chi connectivity index (χ2v) is 10.1. The monoisotopic (exact) mass is 494 g/mol. The van der Waals surface area contributed by atoms with Crippen LogP contribution < -0.4 is 0 Å². The average molecular weight is 494 g/mol. The van der Waals surface area contributed by atoms with Crippen LogP contribution in [0.25, 0.3) is 32.6 Å². The molecule has 0 saturated heterocycles. The van der Waals surface area contributed by atoms with E-state index in [1.165, 1.54) is 24.6 Å². The summed E-state index contributed by atoms with van der Waals surface area (Å²) in [6, 6.07) is 2.97. The molecule has 6 nitrogen and oxygen atoms in total. The van der Waals surface area contributed by atoms with Crippen molar-refractivity contribution in [3.05, 3.63) is 35.1 Å². The maximum absolute atomic E-state index is 13.1. The van der Waals surface area contributed by atoms with E-state index in [1.807, 2.05) is 0 Å². The van der Waals surface area contributed by atoms with Crippen molar-refractivity contribution in [2.24, 2.45) is 7.05 Å². The van der Waals surface area contributed by atoms with E-state index >= 15 is 0 Å². The van der Waals surface area contributed by atoms with Gasteiger partial charge < -0.3 is 4.57 Å². The van der Waals surface area contributed by atoms with Gasteiger partial charge in [-0.25, -0.2) is 23.4 Å². The second-order valence-electron chi connectivity index (χ2n) is 6.79. The zero-order valence-corrected chi connectivity index (χ0v) is 17.8. The quantitative estimate of drug-likeness (QED) is 0.372. The van der Waals surface area contributed by atoms with Crippen molar-refractivity contribution in [2.45, 2.75) is 24.2 Å². The molecule has 3 heterocycles. The van der Waals surface area contributed by atoms with Crippen molar-refractivity contribution in [1.82, 2.24) is 19.5 Å². The van der Waals surface area contributed by atoms with Crippen LogP contribution in [0, 0.1) is 0 Å². The fourth-order valence-corrected chi connectivity index (χ4v) is 5.09. The van der Waals surface area contributed by atoms with E-state index in [0.29, 0.717) is 11.3 Å². The minimum atomic E-state index is -4.72. The molecule has 0 aliphatic rings. The number of hydrogen-bond donors (Lipinski definition) is 0. The highest BCUT2D eigenvalue weighted by molar-refractivity contribution is 7.91. The molecule has 1 aromatic carbocycles. The number of thiazole rings is 1. The molecule has 0 saturated carbocycles. The topological polar surface area (TPSA) is 77.7 Å². The van der Waals surface area contributed by atoms with Crippen LogP contribution >= 0.6 is 11.3 Å². The van der Waals surface area contributed by atoms with E-state index in [2.05, 4.69) is 15.0 Å². The Labute approximate surface area is 180 Å². The normalized spacial score (nSPS) is 13.4. The molecule has 0 fully saturated rings. The number of imidazole rings is 1. The Hall–Kier alpha value is -2.74. The summed E-state index contributed by atoms with van der Waals surface area (Å²) in [4.78, 5) is 10.7. The fraction of sp³-hybridized carbons (Fsp3) is 0.278. The highest BCUT2D eigenvalue weighted by Gasteiger charge is 2.36. The molecule has 0 atom stereocenters. The zero-order valence-electron chi connectivity index (χ0n) is 16.2. The summed E-state index contributed by atoms with van der Waals surface area (Å²) in [7, 11) is -2.50. The van der Waals surface area contributed by atoms with Crippen LogP contribution in [0.3, 0.4) is 0 Å². The number of benzene rings is 1. The van der Waals surface area contributed by atoms with Gasteiger partial charge in [0.05, 0.1) is 38.1 Å². The van der Waals surface area contributed by atoms with E-state index in [9.17, 15) is 34.8 Å². The molecule has 4 rings (SSSR count). The molecular weight excluding hydrogens is 482 g/mol. The molecule has 0 spiro atoms. The Balaban J connectivity index is 2.03. The number of rotatable bonds is 3. The van der Waals surface area contributed by atoms with Gasteiger partial charge in [0.2, 0.25) is 0 Å². The van der Waals surface area contributed by atoms with Gasteiger partial charge in [0, 0.05) is 12.6 Å². The minimum absolute atomic E-state index is 0.0305. The minimum Gasteiger partial charge on any atom is -0.326 e. The molecule has 32 heavy (non-hydrogen) atoms. The van der Waals surface area contributed by atoms with Gasteiger partial charge in [0.1, 0.15) is 11.5 Å². The van der Waals surface area contributed by atoms with Crippen LogP contribution in [0.2, 0.25) is 0 Å². The first-order valence-electron chi connectivity index (χ1n) is 8.87. The third-order valence-corrected chi connectivity index (χ3v) is 7.58. The van der Waals surface area contributed by atoms with Gasteiger partial charge in [-0.05, 0) is 18.2 Å². The molecule has 0 aliphatic heterocycles. The first kappa shape index (κ1) is 22.5. The Bertz CT molecular complexity index is 1470. The highest BCUT2D eigenvalue weighted by Crippen LogP contribution is 2.40. The lowest BCUT2D eigenvalue weighted by molar-refractivity contribution is -0.141. The van der Waals surface area contributed by atoms with Crippen LogP contribution in [-0.4, -0.2) is 33.7 Å². The molecule has 0 amide bonds. The molecule has 0 radical (unpaired) electrons. The van der Waals surface area contributed by atoms with Crippen molar-refractivity contribution >= 4 is 42.4 Å². The number of aryl methyl sites for hydroxylation is 1. The van der Waals surface area contributed by atoms with Crippen LogP contribution in [0.1, 0.15) is 17.6 Å². The predicted molar refractivity (Wildman–Crippen MR) is 105 cm³/mol. The van der Waals surface area contributed by atoms with E-state index in [1.54, 1.807) is 0 Å². The highest BCUT2D eigenvalue weighted by atomic mass is 32.2. The SMILES string of the molecule is CCS(=O)(=O)c1cc2nc(C(F)(F)F)sc2cc1-c1nc2cc(C(F)(F)F)ncc2n1C. The van der Waals surface area contributed by atoms with Gasteiger partial charge in [-0.2, -0.15) is 26.3 Å². The summed E-state index contributed by atoms with van der Waals surface area (Å²) < 4.78 is 105. The number of alkyl halides is 6. The maximum atomic E-state index is 13.1. The Morgan fingerprint density at radius 2 is 1.69 bits per heavy atom. The third kappa shape index (κ3) is 3.70. The molecule has 0 aliphatic carbocycles. The number of hydrogen-bond acceptors (Lipinski definition) is 6. The second kappa shape index (κ2) is 7.13. The molecule has 4 aromatic rings. The summed E-state index contributed by atoms with van der Waals surface area (Å²) >= 11 is 0.329. The molecule has 14 heteroatoms. The van der Waals surface area contributed by atoms with Gasteiger partial charge in [0.15, 0.2) is 14.8 Å². The largest absolute Gasteiger partial charge is 0.443 e. The number of pyridine rings is 1. The van der Waals surface area contributed by atoms with Gasteiger partial charge >= 0.3 is 12.4 Å². The Morgan fingerprint density at radius 1 is 1.00 bits per heavy atom. The number of halogens is 6. The number of nitrogens with zero attached hydrogens (tertiary/aromatic N) is 4. The van der Waals surface area contributed by atoms with E-state index in [-0.39, 0.29) is 43.3 Å². The first-order chi connectivity index (χ1) is 14.7.